The number of carbonyl (C=O) groups excluding carboxylic acids is 1. The Balaban J connectivity index is 1.56. The molecule has 2 aromatic heterocycles. The molecule has 1 amide bonds. The second-order valence-electron chi connectivity index (χ2n) is 7.69. The summed E-state index contributed by atoms with van der Waals surface area (Å²) in [5.74, 6) is 2.19. The molecule has 152 valence electrons. The van der Waals surface area contributed by atoms with Gasteiger partial charge in [-0.3, -0.25) is 14.4 Å². The summed E-state index contributed by atoms with van der Waals surface area (Å²) in [6.07, 6.45) is 4.05. The van der Waals surface area contributed by atoms with E-state index in [1.807, 2.05) is 22.2 Å². The Labute approximate surface area is 175 Å². The monoisotopic (exact) mass is 419 g/mol. The molecule has 0 unspecified atom stereocenters. The van der Waals surface area contributed by atoms with E-state index in [1.165, 1.54) is 11.3 Å². The average Bonchev–Trinajstić information content (AvgIpc) is 3.36. The molecule has 28 heavy (non-hydrogen) atoms. The summed E-state index contributed by atoms with van der Waals surface area (Å²) in [7, 11) is 2.18. The van der Waals surface area contributed by atoms with Crippen LogP contribution in [0.2, 0.25) is 0 Å². The van der Waals surface area contributed by atoms with Crippen molar-refractivity contribution in [2.75, 3.05) is 31.6 Å². The van der Waals surface area contributed by atoms with Crippen LogP contribution in [-0.4, -0.2) is 68.2 Å². The highest BCUT2D eigenvalue weighted by molar-refractivity contribution is 7.99. The van der Waals surface area contributed by atoms with Crippen LogP contribution in [0.5, 0.6) is 0 Å². The molecule has 1 atom stereocenters. The largest absolute Gasteiger partial charge is 0.336 e. The molecule has 2 aromatic rings. The minimum atomic E-state index is 0.134. The lowest BCUT2D eigenvalue weighted by molar-refractivity contribution is 0.0763. The first-order chi connectivity index (χ1) is 13.7. The molecule has 3 heterocycles. The van der Waals surface area contributed by atoms with E-state index in [-0.39, 0.29) is 5.91 Å². The van der Waals surface area contributed by atoms with Crippen molar-refractivity contribution < 1.29 is 4.79 Å². The van der Waals surface area contributed by atoms with Crippen LogP contribution in [0.15, 0.2) is 10.9 Å². The van der Waals surface area contributed by atoms with Gasteiger partial charge in [0.2, 0.25) is 0 Å². The van der Waals surface area contributed by atoms with E-state index in [0.717, 1.165) is 69.1 Å². The molecule has 2 aliphatic rings. The van der Waals surface area contributed by atoms with Crippen LogP contribution < -0.4 is 0 Å². The third-order valence-electron chi connectivity index (χ3n) is 5.78. The fourth-order valence-corrected chi connectivity index (χ4v) is 5.68. The molecule has 0 radical (unpaired) electrons. The third kappa shape index (κ3) is 4.14. The summed E-state index contributed by atoms with van der Waals surface area (Å²) < 4.78 is 2.11. The number of nitrogens with zero attached hydrogens (tertiary/aromatic N) is 5. The molecule has 0 aromatic carbocycles. The summed E-state index contributed by atoms with van der Waals surface area (Å²) in [5.41, 5.74) is 6.21. The van der Waals surface area contributed by atoms with Crippen molar-refractivity contribution in [3.05, 3.63) is 33.5 Å². The van der Waals surface area contributed by atoms with Gasteiger partial charge in [-0.1, -0.05) is 6.92 Å². The molecule has 0 N–H and O–H groups in total. The van der Waals surface area contributed by atoms with Crippen LogP contribution >= 0.6 is 23.1 Å². The first-order valence-electron chi connectivity index (χ1n) is 10.2. The molecule has 0 bridgehead atoms. The zero-order chi connectivity index (χ0) is 19.5. The van der Waals surface area contributed by atoms with E-state index in [4.69, 9.17) is 5.10 Å². The molecule has 6 nitrogen and oxygen atoms in total. The highest BCUT2D eigenvalue weighted by Gasteiger charge is 2.32. The Morgan fingerprint density at radius 1 is 1.36 bits per heavy atom. The Hall–Kier alpha value is -1.38. The average molecular weight is 420 g/mol. The van der Waals surface area contributed by atoms with E-state index in [2.05, 4.69) is 33.9 Å². The summed E-state index contributed by atoms with van der Waals surface area (Å²) in [6, 6.07) is 0.428. The second-order valence-corrected chi connectivity index (χ2v) is 9.64. The van der Waals surface area contributed by atoms with Gasteiger partial charge in [-0.25, -0.2) is 4.98 Å². The predicted octanol–water partition coefficient (Wildman–Crippen LogP) is 2.93. The number of thiazole rings is 1. The van der Waals surface area contributed by atoms with E-state index in [0.29, 0.717) is 11.7 Å². The molecule has 1 aliphatic heterocycles. The number of fused-ring (bicyclic) bond motifs is 1. The summed E-state index contributed by atoms with van der Waals surface area (Å²) in [4.78, 5) is 22.1. The lowest BCUT2D eigenvalue weighted by Crippen LogP contribution is -2.40. The fourth-order valence-electron chi connectivity index (χ4n) is 4.23. The fraction of sp³-hybridized carbons (Fsp3) is 0.650. The van der Waals surface area contributed by atoms with Crippen molar-refractivity contribution in [3.8, 4) is 0 Å². The molecule has 0 saturated carbocycles. The maximum absolute atomic E-state index is 13.2. The maximum Gasteiger partial charge on any atom is 0.274 e. The topological polar surface area (TPSA) is 54.3 Å². The van der Waals surface area contributed by atoms with Gasteiger partial charge in [0, 0.05) is 60.4 Å². The van der Waals surface area contributed by atoms with Crippen molar-refractivity contribution in [2.45, 2.75) is 51.7 Å². The lowest BCUT2D eigenvalue weighted by atomic mass is 9.90. The first-order valence-corrected chi connectivity index (χ1v) is 12.3. The van der Waals surface area contributed by atoms with Gasteiger partial charge in [0.15, 0.2) is 5.69 Å². The summed E-state index contributed by atoms with van der Waals surface area (Å²) in [6.45, 7) is 5.60. The van der Waals surface area contributed by atoms with Gasteiger partial charge in [0.25, 0.3) is 5.91 Å². The van der Waals surface area contributed by atoms with Crippen LogP contribution in [-0.2, 0) is 25.9 Å². The van der Waals surface area contributed by atoms with Crippen molar-refractivity contribution in [1.29, 1.82) is 0 Å². The number of aryl methyl sites for hydroxylation is 1. The number of carbonyl (C=O) groups is 1. The zero-order valence-electron chi connectivity index (χ0n) is 16.8. The summed E-state index contributed by atoms with van der Waals surface area (Å²) >= 11 is 3.57. The number of rotatable bonds is 6. The van der Waals surface area contributed by atoms with Crippen molar-refractivity contribution in [2.24, 2.45) is 0 Å². The number of amides is 1. The van der Waals surface area contributed by atoms with Gasteiger partial charge >= 0.3 is 0 Å². The third-order valence-corrected chi connectivity index (χ3v) is 7.35. The van der Waals surface area contributed by atoms with E-state index in [1.54, 1.807) is 11.3 Å². The highest BCUT2D eigenvalue weighted by atomic mass is 32.2. The van der Waals surface area contributed by atoms with Gasteiger partial charge in [0.1, 0.15) is 0 Å². The normalized spacial score (nSPS) is 19.8. The Morgan fingerprint density at radius 3 is 2.89 bits per heavy atom. The predicted molar refractivity (Wildman–Crippen MR) is 115 cm³/mol. The number of aromatic nitrogens is 3. The second kappa shape index (κ2) is 8.97. The van der Waals surface area contributed by atoms with Crippen LogP contribution in [0.25, 0.3) is 0 Å². The van der Waals surface area contributed by atoms with Gasteiger partial charge < -0.3 is 4.90 Å². The van der Waals surface area contributed by atoms with Gasteiger partial charge in [0.05, 0.1) is 11.2 Å². The minimum absolute atomic E-state index is 0.134. The van der Waals surface area contributed by atoms with E-state index < -0.39 is 0 Å². The smallest absolute Gasteiger partial charge is 0.274 e. The standard InChI is InChI=1S/C20H29N5OS2/c1-3-6-25-18-5-4-16(23(2)12-15-13-28-14-21-15)11-17(18)19(22-25)20(26)24-7-9-27-10-8-24/h13-14,16H,3-12H2,1-2H3/t16-/m1/s1. The van der Waals surface area contributed by atoms with Crippen LogP contribution in [0.1, 0.15) is 47.2 Å². The number of hydrogen-bond acceptors (Lipinski definition) is 6. The highest BCUT2D eigenvalue weighted by Crippen LogP contribution is 2.29. The summed E-state index contributed by atoms with van der Waals surface area (Å²) in [5, 5.41) is 6.93. The molecular formula is C20H29N5OS2. The zero-order valence-corrected chi connectivity index (χ0v) is 18.4. The van der Waals surface area contributed by atoms with E-state index >= 15 is 0 Å². The Kier molecular flexibility index (Phi) is 6.38. The van der Waals surface area contributed by atoms with Crippen LogP contribution in [0.3, 0.4) is 0 Å². The minimum Gasteiger partial charge on any atom is -0.336 e. The van der Waals surface area contributed by atoms with Crippen molar-refractivity contribution in [3.63, 3.8) is 0 Å². The molecular weight excluding hydrogens is 390 g/mol. The molecule has 4 rings (SSSR count). The van der Waals surface area contributed by atoms with E-state index in [9.17, 15) is 4.79 Å². The first kappa shape index (κ1) is 19.9. The molecule has 8 heteroatoms. The Bertz CT molecular complexity index is 798. The quantitative estimate of drug-likeness (QED) is 0.721. The van der Waals surface area contributed by atoms with Crippen LogP contribution in [0, 0.1) is 0 Å². The van der Waals surface area contributed by atoms with Crippen molar-refractivity contribution in [1.82, 2.24) is 24.6 Å². The molecule has 1 saturated heterocycles. The molecule has 1 aliphatic carbocycles. The van der Waals surface area contributed by atoms with Crippen LogP contribution in [0.4, 0.5) is 0 Å². The Morgan fingerprint density at radius 2 is 2.18 bits per heavy atom. The SMILES string of the molecule is CCCn1nc(C(=O)N2CCSCC2)c2c1CC[C@@H](N(C)Cc1cscn1)C2. The molecule has 1 fully saturated rings. The lowest BCUT2D eigenvalue weighted by Gasteiger charge is -2.32. The number of hydrogen-bond donors (Lipinski definition) is 0. The van der Waals surface area contributed by atoms with Gasteiger partial charge in [-0.05, 0) is 32.7 Å². The van der Waals surface area contributed by atoms with Gasteiger partial charge in [-0.15, -0.1) is 11.3 Å². The number of likely N-dealkylation sites (N-methyl/N-ethyl adjacent to an activating group) is 1. The maximum atomic E-state index is 13.2. The van der Waals surface area contributed by atoms with Crippen molar-refractivity contribution >= 4 is 29.0 Å². The molecule has 0 spiro atoms. The number of thioether (sulfide) groups is 1. The van der Waals surface area contributed by atoms with Gasteiger partial charge in [-0.2, -0.15) is 16.9 Å².